The summed E-state index contributed by atoms with van der Waals surface area (Å²) < 4.78 is 0. The zero-order chi connectivity index (χ0) is 15.4. The molecule has 0 spiro atoms. The summed E-state index contributed by atoms with van der Waals surface area (Å²) in [5.74, 6) is -0.210. The lowest BCUT2D eigenvalue weighted by Crippen LogP contribution is -2.38. The number of nitrogens with zero attached hydrogens (tertiary/aromatic N) is 1. The van der Waals surface area contributed by atoms with Gasteiger partial charge in [0.25, 0.3) is 0 Å². The largest absolute Gasteiger partial charge is 0.336 e. The Bertz CT molecular complexity index is 522. The molecule has 0 heterocycles. The van der Waals surface area contributed by atoms with E-state index >= 15 is 0 Å². The highest BCUT2D eigenvalue weighted by Crippen LogP contribution is 2.30. The molecule has 6 heteroatoms. The first-order valence-electron chi connectivity index (χ1n) is 6.98. The number of halogens is 2. The van der Waals surface area contributed by atoms with Crippen LogP contribution >= 0.6 is 23.2 Å². The zero-order valence-electron chi connectivity index (χ0n) is 11.9. The summed E-state index contributed by atoms with van der Waals surface area (Å²) in [7, 11) is 1.65. The maximum Gasteiger partial charge on any atom is 0.244 e. The first-order chi connectivity index (χ1) is 9.99. The molecule has 0 aromatic heterocycles. The Balaban J connectivity index is 1.93. The van der Waals surface area contributed by atoms with Gasteiger partial charge in [-0.25, -0.2) is 0 Å². The monoisotopic (exact) mass is 328 g/mol. The number of hydrogen-bond donors (Lipinski definition) is 1. The van der Waals surface area contributed by atoms with Crippen LogP contribution in [0.5, 0.6) is 0 Å². The van der Waals surface area contributed by atoms with Gasteiger partial charge >= 0.3 is 0 Å². The van der Waals surface area contributed by atoms with E-state index in [0.717, 1.165) is 25.7 Å². The molecule has 2 amide bonds. The maximum absolute atomic E-state index is 12.2. The molecule has 114 valence electrons. The van der Waals surface area contributed by atoms with Crippen molar-refractivity contribution in [2.24, 2.45) is 5.92 Å². The molecule has 1 aliphatic carbocycles. The van der Waals surface area contributed by atoms with Crippen LogP contribution in [0.1, 0.15) is 25.7 Å². The number of anilines is 1. The summed E-state index contributed by atoms with van der Waals surface area (Å²) in [5, 5.41) is 3.41. The van der Waals surface area contributed by atoms with Gasteiger partial charge in [-0.15, -0.1) is 0 Å². The molecule has 0 unspecified atom stereocenters. The first-order valence-corrected chi connectivity index (χ1v) is 7.73. The van der Waals surface area contributed by atoms with Gasteiger partial charge in [-0.2, -0.15) is 0 Å². The topological polar surface area (TPSA) is 49.4 Å². The van der Waals surface area contributed by atoms with Gasteiger partial charge in [-0.3, -0.25) is 9.59 Å². The first kappa shape index (κ1) is 16.1. The van der Waals surface area contributed by atoms with Crippen molar-refractivity contribution < 1.29 is 9.59 Å². The second-order valence-electron chi connectivity index (χ2n) is 5.32. The zero-order valence-corrected chi connectivity index (χ0v) is 13.4. The predicted molar refractivity (Wildman–Crippen MR) is 84.7 cm³/mol. The molecule has 0 aliphatic heterocycles. The van der Waals surface area contributed by atoms with E-state index in [4.69, 9.17) is 23.2 Å². The normalized spacial score (nSPS) is 15.0. The minimum Gasteiger partial charge on any atom is -0.336 e. The minimum absolute atomic E-state index is 0.00309. The third-order valence-electron chi connectivity index (χ3n) is 3.69. The predicted octanol–water partition coefficient (Wildman–Crippen LogP) is 3.58. The third kappa shape index (κ3) is 4.11. The molecule has 1 saturated carbocycles. The Morgan fingerprint density at radius 3 is 2.38 bits per heavy atom. The van der Waals surface area contributed by atoms with E-state index < -0.39 is 0 Å². The van der Waals surface area contributed by atoms with Crippen molar-refractivity contribution in [2.45, 2.75) is 25.7 Å². The maximum atomic E-state index is 12.2. The average Bonchev–Trinajstić information content (AvgIpc) is 2.96. The fourth-order valence-electron chi connectivity index (χ4n) is 2.57. The lowest BCUT2D eigenvalue weighted by Gasteiger charge is -2.20. The number of likely N-dealkylation sites (N-methyl/N-ethyl adjacent to an activating group) is 1. The van der Waals surface area contributed by atoms with Crippen LogP contribution in [0.25, 0.3) is 0 Å². The second-order valence-corrected chi connectivity index (χ2v) is 6.13. The van der Waals surface area contributed by atoms with E-state index in [1.165, 1.54) is 4.90 Å². The SMILES string of the molecule is CN(CC(=O)Nc1c(Cl)cccc1Cl)C(=O)C1CCCC1. The average molecular weight is 329 g/mol. The second kappa shape index (κ2) is 7.14. The molecule has 0 atom stereocenters. The summed E-state index contributed by atoms with van der Waals surface area (Å²) in [6, 6.07) is 5.00. The number of rotatable bonds is 4. The molecule has 0 saturated heterocycles. The summed E-state index contributed by atoms with van der Waals surface area (Å²) >= 11 is 12.0. The summed E-state index contributed by atoms with van der Waals surface area (Å²) in [6.07, 6.45) is 4.01. The Labute approximate surface area is 134 Å². The van der Waals surface area contributed by atoms with Gasteiger partial charge in [0.15, 0.2) is 0 Å². The minimum atomic E-state index is -0.307. The van der Waals surface area contributed by atoms with Crippen LogP contribution < -0.4 is 5.32 Å². The van der Waals surface area contributed by atoms with Crippen LogP contribution in [0.4, 0.5) is 5.69 Å². The molecular weight excluding hydrogens is 311 g/mol. The Morgan fingerprint density at radius 1 is 1.24 bits per heavy atom. The molecule has 1 aromatic rings. The van der Waals surface area contributed by atoms with Gasteiger partial charge in [-0.05, 0) is 25.0 Å². The molecule has 0 radical (unpaired) electrons. The van der Waals surface area contributed by atoms with Crippen LogP contribution in [-0.4, -0.2) is 30.3 Å². The highest BCUT2D eigenvalue weighted by Gasteiger charge is 2.26. The van der Waals surface area contributed by atoms with Gasteiger partial charge in [0, 0.05) is 13.0 Å². The Kier molecular flexibility index (Phi) is 5.48. The van der Waals surface area contributed by atoms with Gasteiger partial charge < -0.3 is 10.2 Å². The van der Waals surface area contributed by atoms with Gasteiger partial charge in [0.05, 0.1) is 22.3 Å². The smallest absolute Gasteiger partial charge is 0.244 e. The summed E-state index contributed by atoms with van der Waals surface area (Å²) in [6.45, 7) is -0.00309. The standard InChI is InChI=1S/C15H18Cl2N2O2/c1-19(15(21)10-5-2-3-6-10)9-13(20)18-14-11(16)7-4-8-12(14)17/h4,7-8,10H,2-3,5-6,9H2,1H3,(H,18,20). The van der Waals surface area contributed by atoms with Crippen molar-refractivity contribution >= 4 is 40.7 Å². The van der Waals surface area contributed by atoms with Crippen LogP contribution in [0.2, 0.25) is 10.0 Å². The number of benzene rings is 1. The van der Waals surface area contributed by atoms with Crippen LogP contribution in [0.15, 0.2) is 18.2 Å². The molecule has 1 fully saturated rings. The van der Waals surface area contributed by atoms with E-state index in [-0.39, 0.29) is 24.3 Å². The van der Waals surface area contributed by atoms with E-state index in [1.807, 2.05) is 0 Å². The van der Waals surface area contributed by atoms with Crippen LogP contribution in [0.3, 0.4) is 0 Å². The van der Waals surface area contributed by atoms with Crippen molar-refractivity contribution in [3.8, 4) is 0 Å². The van der Waals surface area contributed by atoms with Gasteiger partial charge in [0.1, 0.15) is 0 Å². The van der Waals surface area contributed by atoms with Gasteiger partial charge in [-0.1, -0.05) is 42.1 Å². The molecule has 1 aliphatic rings. The Hall–Kier alpha value is -1.26. The number of para-hydroxylation sites is 1. The number of amides is 2. The van der Waals surface area contributed by atoms with E-state index in [2.05, 4.69) is 5.32 Å². The third-order valence-corrected chi connectivity index (χ3v) is 4.32. The van der Waals surface area contributed by atoms with Crippen LogP contribution in [0, 0.1) is 5.92 Å². The van der Waals surface area contributed by atoms with Crippen molar-refractivity contribution in [2.75, 3.05) is 18.9 Å². The van der Waals surface area contributed by atoms with Crippen molar-refractivity contribution in [3.63, 3.8) is 0 Å². The molecule has 4 nitrogen and oxygen atoms in total. The van der Waals surface area contributed by atoms with Gasteiger partial charge in [0.2, 0.25) is 11.8 Å². The van der Waals surface area contributed by atoms with Crippen molar-refractivity contribution in [1.29, 1.82) is 0 Å². The fourth-order valence-corrected chi connectivity index (χ4v) is 3.07. The highest BCUT2D eigenvalue weighted by molar-refractivity contribution is 6.39. The van der Waals surface area contributed by atoms with E-state index in [0.29, 0.717) is 15.7 Å². The molecule has 1 N–H and O–H groups in total. The summed E-state index contributed by atoms with van der Waals surface area (Å²) in [4.78, 5) is 25.7. The van der Waals surface area contributed by atoms with Crippen LogP contribution in [-0.2, 0) is 9.59 Å². The Morgan fingerprint density at radius 2 is 1.81 bits per heavy atom. The molecule has 21 heavy (non-hydrogen) atoms. The molecule has 2 rings (SSSR count). The van der Waals surface area contributed by atoms with E-state index in [9.17, 15) is 9.59 Å². The fraction of sp³-hybridized carbons (Fsp3) is 0.467. The number of nitrogens with one attached hydrogen (secondary N) is 1. The molecule has 1 aromatic carbocycles. The summed E-state index contributed by atoms with van der Waals surface area (Å²) in [5.41, 5.74) is 0.382. The highest BCUT2D eigenvalue weighted by atomic mass is 35.5. The number of carbonyl (C=O) groups is 2. The number of hydrogen-bond acceptors (Lipinski definition) is 2. The quantitative estimate of drug-likeness (QED) is 0.918. The van der Waals surface area contributed by atoms with E-state index in [1.54, 1.807) is 25.2 Å². The lowest BCUT2D eigenvalue weighted by molar-refractivity contribution is -0.136. The van der Waals surface area contributed by atoms with Crippen molar-refractivity contribution in [3.05, 3.63) is 28.2 Å². The molecule has 0 bridgehead atoms. The lowest BCUT2D eigenvalue weighted by atomic mass is 10.1. The number of carbonyl (C=O) groups excluding carboxylic acids is 2. The molecular formula is C15H18Cl2N2O2. The van der Waals surface area contributed by atoms with Crippen molar-refractivity contribution in [1.82, 2.24) is 4.90 Å².